The molecule has 0 heterocycles. The molecule has 0 aliphatic heterocycles. The molecule has 2 N–H and O–H groups in total. The third kappa shape index (κ3) is 4.48. The van der Waals surface area contributed by atoms with Crippen LogP contribution in [-0.2, 0) is 0 Å². The molecule has 0 unspecified atom stereocenters. The van der Waals surface area contributed by atoms with Crippen molar-refractivity contribution in [3.8, 4) is 0 Å². The van der Waals surface area contributed by atoms with E-state index >= 15 is 0 Å². The Morgan fingerprint density at radius 3 is 2.27 bits per heavy atom. The number of hydrogen-bond acceptors (Lipinski definition) is 2. The third-order valence-corrected chi connectivity index (χ3v) is 4.07. The van der Waals surface area contributed by atoms with Crippen molar-refractivity contribution in [3.05, 3.63) is 62.1 Å². The maximum Gasteiger partial charge on any atom is 0.258 e. The third-order valence-electron chi connectivity index (χ3n) is 2.58. The van der Waals surface area contributed by atoms with Crippen molar-refractivity contribution in [2.75, 3.05) is 5.32 Å². The molecule has 1 amide bonds. The Hall–Kier alpha value is -1.04. The summed E-state index contributed by atoms with van der Waals surface area (Å²) in [5.41, 5.74) is 0.867. The first-order valence-electron chi connectivity index (χ1n) is 5.89. The summed E-state index contributed by atoms with van der Waals surface area (Å²) in [6.07, 6.45) is 0. The van der Waals surface area contributed by atoms with E-state index in [-0.39, 0.29) is 15.7 Å². The average molecular weight is 394 g/mol. The lowest BCUT2D eigenvalue weighted by Crippen LogP contribution is -2.34. The minimum absolute atomic E-state index is 0.106. The van der Waals surface area contributed by atoms with Crippen LogP contribution in [-0.4, -0.2) is 11.0 Å². The van der Waals surface area contributed by atoms with Crippen LogP contribution >= 0.6 is 58.6 Å². The van der Waals surface area contributed by atoms with Gasteiger partial charge in [-0.25, -0.2) is 0 Å². The molecule has 0 fully saturated rings. The average Bonchev–Trinajstić information content (AvgIpc) is 2.42. The predicted molar refractivity (Wildman–Crippen MR) is 96.6 cm³/mol. The number of carbonyl (C=O) groups excluding carboxylic acids is 1. The van der Waals surface area contributed by atoms with Crippen molar-refractivity contribution in [2.45, 2.75) is 0 Å². The van der Waals surface area contributed by atoms with Crippen molar-refractivity contribution < 1.29 is 4.79 Å². The van der Waals surface area contributed by atoms with Gasteiger partial charge in [-0.15, -0.1) is 0 Å². The summed E-state index contributed by atoms with van der Waals surface area (Å²) < 4.78 is 0. The van der Waals surface area contributed by atoms with E-state index in [4.69, 9.17) is 58.6 Å². The van der Waals surface area contributed by atoms with E-state index in [1.54, 1.807) is 24.3 Å². The highest BCUT2D eigenvalue weighted by Crippen LogP contribution is 2.25. The predicted octanol–water partition coefficient (Wildman–Crippen LogP) is 5.43. The molecular weight excluding hydrogens is 386 g/mol. The number of benzene rings is 2. The summed E-state index contributed by atoms with van der Waals surface area (Å²) in [6, 6.07) is 9.46. The number of anilines is 1. The Bertz CT molecular complexity index is 752. The first kappa shape index (κ1) is 17.3. The highest BCUT2D eigenvalue weighted by atomic mass is 35.5. The Morgan fingerprint density at radius 1 is 0.909 bits per heavy atom. The molecule has 0 aromatic heterocycles. The van der Waals surface area contributed by atoms with Gasteiger partial charge < -0.3 is 5.32 Å². The van der Waals surface area contributed by atoms with Crippen LogP contribution in [0.1, 0.15) is 10.4 Å². The highest BCUT2D eigenvalue weighted by Gasteiger charge is 2.12. The number of rotatable bonds is 2. The van der Waals surface area contributed by atoms with E-state index in [0.29, 0.717) is 20.8 Å². The molecule has 22 heavy (non-hydrogen) atoms. The van der Waals surface area contributed by atoms with Crippen LogP contribution in [0.4, 0.5) is 5.69 Å². The van der Waals surface area contributed by atoms with Gasteiger partial charge in [0.25, 0.3) is 5.91 Å². The molecule has 0 atom stereocenters. The zero-order valence-corrected chi connectivity index (χ0v) is 14.6. The van der Waals surface area contributed by atoms with E-state index in [1.807, 2.05) is 0 Å². The van der Waals surface area contributed by atoms with Crippen molar-refractivity contribution in [3.63, 3.8) is 0 Å². The van der Waals surface area contributed by atoms with Gasteiger partial charge in [0, 0.05) is 10.7 Å². The largest absolute Gasteiger partial charge is 0.332 e. The van der Waals surface area contributed by atoms with Gasteiger partial charge in [0.15, 0.2) is 5.11 Å². The first-order valence-corrected chi connectivity index (χ1v) is 7.81. The molecule has 0 aliphatic rings. The summed E-state index contributed by atoms with van der Waals surface area (Å²) in [4.78, 5) is 12.1. The molecule has 0 saturated heterocycles. The van der Waals surface area contributed by atoms with Gasteiger partial charge in [0.05, 0.1) is 20.6 Å². The van der Waals surface area contributed by atoms with E-state index in [0.717, 1.165) is 0 Å². The molecule has 2 aromatic carbocycles. The number of carbonyl (C=O) groups is 1. The van der Waals surface area contributed by atoms with Gasteiger partial charge in [-0.3, -0.25) is 10.1 Å². The van der Waals surface area contributed by atoms with Gasteiger partial charge in [0.1, 0.15) is 0 Å². The van der Waals surface area contributed by atoms with Crippen LogP contribution in [0.25, 0.3) is 0 Å². The number of hydrogen-bond donors (Lipinski definition) is 2. The molecule has 0 radical (unpaired) electrons. The zero-order chi connectivity index (χ0) is 16.3. The van der Waals surface area contributed by atoms with Gasteiger partial charge in [-0.05, 0) is 48.6 Å². The number of thiocarbonyl (C=S) groups is 1. The highest BCUT2D eigenvalue weighted by molar-refractivity contribution is 7.80. The maximum absolute atomic E-state index is 12.1. The second-order valence-electron chi connectivity index (χ2n) is 4.16. The van der Waals surface area contributed by atoms with Crippen LogP contribution in [0.15, 0.2) is 36.4 Å². The molecule has 2 rings (SSSR count). The molecule has 3 nitrogen and oxygen atoms in total. The zero-order valence-electron chi connectivity index (χ0n) is 10.8. The molecule has 0 saturated carbocycles. The minimum Gasteiger partial charge on any atom is -0.332 e. The quantitative estimate of drug-likeness (QED) is 0.668. The van der Waals surface area contributed by atoms with Gasteiger partial charge in [0.2, 0.25) is 0 Å². The standard InChI is InChI=1S/C14H8Cl4N2OS/c15-7-1-3-9(11(17)5-7)13(21)20-14(22)19-8-2-4-10(16)12(18)6-8/h1-6H,(H2,19,20,21,22). The summed E-state index contributed by atoms with van der Waals surface area (Å²) in [5, 5.41) is 6.93. The monoisotopic (exact) mass is 392 g/mol. The van der Waals surface area contributed by atoms with Gasteiger partial charge in [-0.1, -0.05) is 46.4 Å². The van der Waals surface area contributed by atoms with Crippen LogP contribution < -0.4 is 10.6 Å². The Labute approximate surface area is 152 Å². The van der Waals surface area contributed by atoms with E-state index < -0.39 is 5.91 Å². The van der Waals surface area contributed by atoms with Crippen LogP contribution in [0.5, 0.6) is 0 Å². The first-order chi connectivity index (χ1) is 10.4. The van der Waals surface area contributed by atoms with Gasteiger partial charge >= 0.3 is 0 Å². The number of nitrogens with one attached hydrogen (secondary N) is 2. The second kappa shape index (κ2) is 7.49. The second-order valence-corrected chi connectivity index (χ2v) is 6.23. The molecule has 114 valence electrons. The molecular formula is C14H8Cl4N2OS. The summed E-state index contributed by atoms with van der Waals surface area (Å²) >= 11 is 28.5. The fourth-order valence-electron chi connectivity index (χ4n) is 1.58. The fourth-order valence-corrected chi connectivity index (χ4v) is 2.58. The molecule has 0 aliphatic carbocycles. The van der Waals surface area contributed by atoms with E-state index in [9.17, 15) is 4.79 Å². The Morgan fingerprint density at radius 2 is 1.64 bits per heavy atom. The lowest BCUT2D eigenvalue weighted by atomic mass is 10.2. The smallest absolute Gasteiger partial charge is 0.258 e. The molecule has 2 aromatic rings. The molecule has 0 spiro atoms. The fraction of sp³-hybridized carbons (Fsp3) is 0. The summed E-state index contributed by atoms with van der Waals surface area (Å²) in [7, 11) is 0. The van der Waals surface area contributed by atoms with Gasteiger partial charge in [-0.2, -0.15) is 0 Å². The molecule has 0 bridgehead atoms. The normalized spacial score (nSPS) is 10.2. The number of amides is 1. The van der Waals surface area contributed by atoms with Crippen molar-refractivity contribution in [2.24, 2.45) is 0 Å². The summed E-state index contributed by atoms with van der Waals surface area (Å²) in [5.74, 6) is -0.445. The summed E-state index contributed by atoms with van der Waals surface area (Å²) in [6.45, 7) is 0. The van der Waals surface area contributed by atoms with Crippen LogP contribution in [0.2, 0.25) is 20.1 Å². The lowest BCUT2D eigenvalue weighted by molar-refractivity contribution is 0.0978. The number of halogens is 4. The van der Waals surface area contributed by atoms with Crippen molar-refractivity contribution in [1.82, 2.24) is 5.32 Å². The lowest BCUT2D eigenvalue weighted by Gasteiger charge is -2.11. The SMILES string of the molecule is O=C(NC(=S)Nc1ccc(Cl)c(Cl)c1)c1ccc(Cl)cc1Cl. The Kier molecular flexibility index (Phi) is 5.89. The van der Waals surface area contributed by atoms with Crippen molar-refractivity contribution >= 4 is 75.3 Å². The molecule has 8 heteroatoms. The van der Waals surface area contributed by atoms with Crippen molar-refractivity contribution in [1.29, 1.82) is 0 Å². The Balaban J connectivity index is 2.05. The minimum atomic E-state index is -0.445. The van der Waals surface area contributed by atoms with E-state index in [1.165, 1.54) is 12.1 Å². The maximum atomic E-state index is 12.1. The van der Waals surface area contributed by atoms with E-state index in [2.05, 4.69) is 10.6 Å². The van der Waals surface area contributed by atoms with Crippen LogP contribution in [0, 0.1) is 0 Å². The van der Waals surface area contributed by atoms with Crippen LogP contribution in [0.3, 0.4) is 0 Å². The topological polar surface area (TPSA) is 41.1 Å².